The Morgan fingerprint density at radius 2 is 1.90 bits per heavy atom. The smallest absolute Gasteiger partial charge is 0.340 e. The first-order valence-corrected chi connectivity index (χ1v) is 7.06. The molecule has 21 heavy (non-hydrogen) atoms. The van der Waals surface area contributed by atoms with E-state index < -0.39 is 11.9 Å². The fraction of sp³-hybridized carbons (Fsp3) is 0.0714. The Labute approximate surface area is 134 Å². The number of aromatic nitrogens is 1. The molecule has 1 aromatic carbocycles. The van der Waals surface area contributed by atoms with Gasteiger partial charge in [-0.2, -0.15) is 0 Å². The zero-order chi connectivity index (χ0) is 15.2. The van der Waals surface area contributed by atoms with Crippen molar-refractivity contribution in [3.05, 3.63) is 57.8 Å². The number of carbonyl (C=O) groups excluding carboxylic acids is 2. The Kier molecular flexibility index (Phi) is 5.30. The quantitative estimate of drug-likeness (QED) is 0.663. The highest BCUT2D eigenvalue weighted by Crippen LogP contribution is 2.14. The molecule has 1 aromatic heterocycles. The van der Waals surface area contributed by atoms with Crippen molar-refractivity contribution in [1.29, 1.82) is 0 Å². The van der Waals surface area contributed by atoms with E-state index in [9.17, 15) is 9.59 Å². The largest absolute Gasteiger partial charge is 0.452 e. The number of anilines is 1. The Hall–Kier alpha value is -1.92. The number of nitrogens with one attached hydrogen (secondary N) is 1. The van der Waals surface area contributed by atoms with E-state index >= 15 is 0 Å². The second kappa shape index (κ2) is 7.19. The second-order valence-electron chi connectivity index (χ2n) is 4.00. The van der Waals surface area contributed by atoms with Crippen LogP contribution < -0.4 is 5.32 Å². The fourth-order valence-corrected chi connectivity index (χ4v) is 1.82. The Balaban J connectivity index is 1.84. The van der Waals surface area contributed by atoms with Crippen LogP contribution >= 0.6 is 27.5 Å². The first-order valence-electron chi connectivity index (χ1n) is 5.89. The van der Waals surface area contributed by atoms with Gasteiger partial charge in [0.15, 0.2) is 6.61 Å². The molecule has 0 aliphatic carbocycles. The van der Waals surface area contributed by atoms with Crippen LogP contribution in [0.1, 0.15) is 10.4 Å². The number of hydrogen-bond donors (Lipinski definition) is 1. The van der Waals surface area contributed by atoms with Gasteiger partial charge in [-0.1, -0.05) is 27.5 Å². The third-order valence-electron chi connectivity index (χ3n) is 2.43. The van der Waals surface area contributed by atoms with Crippen molar-refractivity contribution in [2.75, 3.05) is 11.9 Å². The van der Waals surface area contributed by atoms with Gasteiger partial charge in [-0.05, 0) is 36.4 Å². The van der Waals surface area contributed by atoms with E-state index in [1.807, 2.05) is 0 Å². The molecule has 108 valence electrons. The molecule has 1 heterocycles. The maximum atomic E-state index is 11.7. The second-order valence-corrected chi connectivity index (χ2v) is 5.30. The van der Waals surface area contributed by atoms with Gasteiger partial charge in [-0.15, -0.1) is 0 Å². The lowest BCUT2D eigenvalue weighted by molar-refractivity contribution is -0.119. The van der Waals surface area contributed by atoms with Gasteiger partial charge in [0.1, 0.15) is 5.15 Å². The Bertz CT molecular complexity index is 644. The summed E-state index contributed by atoms with van der Waals surface area (Å²) in [6.07, 6.45) is 1.29. The standard InChI is InChI=1S/C14H10BrClN2O3/c15-10-2-4-11(5-3-10)18-13(19)8-21-14(20)9-1-6-12(16)17-7-9/h1-7H,8H2,(H,18,19). The molecule has 0 saturated carbocycles. The number of halogens is 2. The topological polar surface area (TPSA) is 68.3 Å². The normalized spacial score (nSPS) is 10.0. The van der Waals surface area contributed by atoms with Crippen LogP contribution in [0.3, 0.4) is 0 Å². The Morgan fingerprint density at radius 3 is 2.52 bits per heavy atom. The predicted octanol–water partition coefficient (Wildman–Crippen LogP) is 3.29. The van der Waals surface area contributed by atoms with E-state index in [0.717, 1.165) is 4.47 Å². The minimum atomic E-state index is -0.634. The number of amides is 1. The zero-order valence-corrected chi connectivity index (χ0v) is 13.0. The van der Waals surface area contributed by atoms with E-state index in [1.165, 1.54) is 18.3 Å². The molecule has 1 amide bonds. The zero-order valence-electron chi connectivity index (χ0n) is 10.7. The van der Waals surface area contributed by atoms with Gasteiger partial charge in [-0.25, -0.2) is 9.78 Å². The summed E-state index contributed by atoms with van der Waals surface area (Å²) in [5.41, 5.74) is 0.850. The highest BCUT2D eigenvalue weighted by molar-refractivity contribution is 9.10. The van der Waals surface area contributed by atoms with Crippen molar-refractivity contribution in [3.8, 4) is 0 Å². The van der Waals surface area contributed by atoms with Gasteiger partial charge < -0.3 is 10.1 Å². The summed E-state index contributed by atoms with van der Waals surface area (Å²) in [6, 6.07) is 9.99. The minimum absolute atomic E-state index is 0.232. The van der Waals surface area contributed by atoms with Crippen molar-refractivity contribution in [1.82, 2.24) is 4.98 Å². The molecule has 0 bridgehead atoms. The maximum Gasteiger partial charge on any atom is 0.340 e. The minimum Gasteiger partial charge on any atom is -0.452 e. The number of benzene rings is 1. The van der Waals surface area contributed by atoms with Crippen LogP contribution in [0.25, 0.3) is 0 Å². The molecule has 0 aliphatic heterocycles. The molecule has 0 fully saturated rings. The molecule has 0 saturated heterocycles. The first kappa shape index (κ1) is 15.5. The molecule has 0 spiro atoms. The number of nitrogens with zero attached hydrogens (tertiary/aromatic N) is 1. The molecular formula is C14H10BrClN2O3. The molecule has 5 nitrogen and oxygen atoms in total. The van der Waals surface area contributed by atoms with E-state index in [4.69, 9.17) is 16.3 Å². The number of ether oxygens (including phenoxy) is 1. The first-order chi connectivity index (χ1) is 10.0. The summed E-state index contributed by atoms with van der Waals surface area (Å²) < 4.78 is 5.79. The average Bonchev–Trinajstić information content (AvgIpc) is 2.48. The lowest BCUT2D eigenvalue weighted by atomic mass is 10.3. The lowest BCUT2D eigenvalue weighted by Gasteiger charge is -2.06. The van der Waals surface area contributed by atoms with Crippen LogP contribution in [0.2, 0.25) is 5.15 Å². The molecule has 1 N–H and O–H groups in total. The summed E-state index contributed by atoms with van der Waals surface area (Å²) >= 11 is 8.91. The van der Waals surface area contributed by atoms with Crippen LogP contribution in [-0.2, 0) is 9.53 Å². The average molecular weight is 370 g/mol. The molecule has 7 heteroatoms. The van der Waals surface area contributed by atoms with Crippen molar-refractivity contribution in [2.45, 2.75) is 0 Å². The van der Waals surface area contributed by atoms with Crippen LogP contribution in [0.5, 0.6) is 0 Å². The Morgan fingerprint density at radius 1 is 1.19 bits per heavy atom. The molecule has 2 aromatic rings. The highest BCUT2D eigenvalue weighted by Gasteiger charge is 2.10. The number of esters is 1. The van der Waals surface area contributed by atoms with E-state index in [0.29, 0.717) is 5.69 Å². The van der Waals surface area contributed by atoms with Gasteiger partial charge in [0.05, 0.1) is 5.56 Å². The third-order valence-corrected chi connectivity index (χ3v) is 3.18. The summed E-state index contributed by atoms with van der Waals surface area (Å²) in [5.74, 6) is -1.06. The summed E-state index contributed by atoms with van der Waals surface area (Å²) in [6.45, 7) is -0.377. The number of hydrogen-bond acceptors (Lipinski definition) is 4. The van der Waals surface area contributed by atoms with Crippen molar-refractivity contribution in [3.63, 3.8) is 0 Å². The summed E-state index contributed by atoms with van der Waals surface area (Å²) in [4.78, 5) is 27.1. The monoisotopic (exact) mass is 368 g/mol. The number of carbonyl (C=O) groups is 2. The van der Waals surface area contributed by atoms with Crippen LogP contribution in [0.15, 0.2) is 47.1 Å². The van der Waals surface area contributed by atoms with Crippen molar-refractivity contribution < 1.29 is 14.3 Å². The number of rotatable bonds is 4. The SMILES string of the molecule is O=C(COC(=O)c1ccc(Cl)nc1)Nc1ccc(Br)cc1. The van der Waals surface area contributed by atoms with Crippen molar-refractivity contribution in [2.24, 2.45) is 0 Å². The van der Waals surface area contributed by atoms with Crippen LogP contribution in [-0.4, -0.2) is 23.5 Å². The lowest BCUT2D eigenvalue weighted by Crippen LogP contribution is -2.20. The van der Waals surface area contributed by atoms with Crippen LogP contribution in [0.4, 0.5) is 5.69 Å². The molecule has 0 atom stereocenters. The maximum absolute atomic E-state index is 11.7. The summed E-state index contributed by atoms with van der Waals surface area (Å²) in [7, 11) is 0. The van der Waals surface area contributed by atoms with Crippen LogP contribution in [0, 0.1) is 0 Å². The third kappa shape index (κ3) is 4.84. The molecule has 0 aliphatic rings. The van der Waals surface area contributed by atoms with E-state index in [-0.39, 0.29) is 17.3 Å². The summed E-state index contributed by atoms with van der Waals surface area (Å²) in [5, 5.41) is 2.89. The van der Waals surface area contributed by atoms with E-state index in [1.54, 1.807) is 24.3 Å². The van der Waals surface area contributed by atoms with Gasteiger partial charge in [0.2, 0.25) is 0 Å². The van der Waals surface area contributed by atoms with Gasteiger partial charge in [0.25, 0.3) is 5.91 Å². The molecule has 0 unspecified atom stereocenters. The van der Waals surface area contributed by atoms with Crippen molar-refractivity contribution >= 4 is 45.1 Å². The molecular weight excluding hydrogens is 360 g/mol. The highest BCUT2D eigenvalue weighted by atomic mass is 79.9. The molecule has 0 radical (unpaired) electrons. The predicted molar refractivity (Wildman–Crippen MR) is 82.3 cm³/mol. The van der Waals surface area contributed by atoms with Gasteiger partial charge in [-0.3, -0.25) is 4.79 Å². The fourth-order valence-electron chi connectivity index (χ4n) is 1.44. The number of pyridine rings is 1. The molecule has 2 rings (SSSR count). The van der Waals surface area contributed by atoms with Gasteiger partial charge in [0, 0.05) is 16.4 Å². The van der Waals surface area contributed by atoms with E-state index in [2.05, 4.69) is 26.2 Å². The van der Waals surface area contributed by atoms with Gasteiger partial charge >= 0.3 is 5.97 Å².